The molecule has 4 nitrogen and oxygen atoms in total. The maximum absolute atomic E-state index is 5.11. The summed E-state index contributed by atoms with van der Waals surface area (Å²) in [5.41, 5.74) is 4.58. The van der Waals surface area contributed by atoms with E-state index in [1.54, 1.807) is 22.7 Å². The van der Waals surface area contributed by atoms with Crippen LogP contribution in [0.1, 0.15) is 44.4 Å². The van der Waals surface area contributed by atoms with Gasteiger partial charge in [0, 0.05) is 22.6 Å². The number of benzene rings is 2. The van der Waals surface area contributed by atoms with Crippen molar-refractivity contribution >= 4 is 56.8 Å². The van der Waals surface area contributed by atoms with Gasteiger partial charge in [-0.15, -0.1) is 34.0 Å². The number of rotatable bonds is 6. The number of nitrogens with zero attached hydrogens (tertiary/aromatic N) is 4. The monoisotopic (exact) mass is 536 g/mol. The molecule has 2 atom stereocenters. The fraction of sp³-hybridized carbons (Fsp3) is 0.133. The Morgan fingerprint density at radius 1 is 0.541 bits per heavy atom. The minimum absolute atomic E-state index is 0.183. The van der Waals surface area contributed by atoms with Crippen molar-refractivity contribution in [3.8, 4) is 0 Å². The standard InChI is InChI=1S/C30H24N4S3/c1-3-9-21(10-4-1)33-25(19-23(31-33)27-13-7-17-35-27)29-15-16-30(37-29)26-20-24(28-14-8-18-36-28)32-34(26)22-11-5-2-6-12-22/h1-18,25-26H,19-20H2. The van der Waals surface area contributed by atoms with E-state index < -0.39 is 0 Å². The molecule has 0 amide bonds. The third kappa shape index (κ3) is 4.33. The molecule has 0 N–H and O–H groups in total. The van der Waals surface area contributed by atoms with Crippen molar-refractivity contribution in [3.05, 3.63) is 127 Å². The van der Waals surface area contributed by atoms with Crippen molar-refractivity contribution in [2.24, 2.45) is 10.2 Å². The maximum atomic E-state index is 5.11. The Bertz CT molecular complexity index is 1420. The van der Waals surface area contributed by atoms with Crippen molar-refractivity contribution in [1.29, 1.82) is 0 Å². The van der Waals surface area contributed by atoms with Gasteiger partial charge in [0.15, 0.2) is 0 Å². The van der Waals surface area contributed by atoms with E-state index in [9.17, 15) is 0 Å². The highest BCUT2D eigenvalue weighted by atomic mass is 32.1. The van der Waals surface area contributed by atoms with Crippen molar-refractivity contribution in [3.63, 3.8) is 0 Å². The molecule has 2 unspecified atom stereocenters. The molecule has 0 saturated heterocycles. The van der Waals surface area contributed by atoms with Crippen LogP contribution in [0.4, 0.5) is 11.4 Å². The Kier molecular flexibility index (Phi) is 5.97. The molecule has 0 radical (unpaired) electrons. The first-order chi connectivity index (χ1) is 18.3. The van der Waals surface area contributed by atoms with Crippen LogP contribution >= 0.6 is 34.0 Å². The quantitative estimate of drug-likeness (QED) is 0.218. The Hall–Kier alpha value is -3.52. The summed E-state index contributed by atoms with van der Waals surface area (Å²) < 4.78 is 0. The molecular weight excluding hydrogens is 513 g/mol. The first-order valence-electron chi connectivity index (χ1n) is 12.3. The normalized spacial score (nSPS) is 19.4. The summed E-state index contributed by atoms with van der Waals surface area (Å²) in [4.78, 5) is 5.18. The molecule has 3 aromatic heterocycles. The molecule has 0 fully saturated rings. The highest BCUT2D eigenvalue weighted by Gasteiger charge is 2.35. The van der Waals surface area contributed by atoms with Crippen LogP contribution in [-0.2, 0) is 0 Å². The summed E-state index contributed by atoms with van der Waals surface area (Å²) in [6, 6.07) is 34.6. The van der Waals surface area contributed by atoms with Gasteiger partial charge in [-0.1, -0.05) is 48.5 Å². The predicted octanol–water partition coefficient (Wildman–Crippen LogP) is 8.58. The molecule has 2 aliphatic rings. The van der Waals surface area contributed by atoms with E-state index >= 15 is 0 Å². The molecule has 5 heterocycles. The molecule has 5 aromatic rings. The maximum Gasteiger partial charge on any atom is 0.0924 e. The fourth-order valence-corrected chi connectivity index (χ4v) is 7.64. The molecule has 0 aliphatic carbocycles. The molecule has 7 heteroatoms. The van der Waals surface area contributed by atoms with Crippen molar-refractivity contribution in [2.45, 2.75) is 24.9 Å². The van der Waals surface area contributed by atoms with Gasteiger partial charge in [-0.2, -0.15) is 10.2 Å². The largest absolute Gasteiger partial charge is 0.257 e. The van der Waals surface area contributed by atoms with E-state index in [1.165, 1.54) is 19.5 Å². The Morgan fingerprint density at radius 2 is 1.00 bits per heavy atom. The lowest BCUT2D eigenvalue weighted by Gasteiger charge is -2.24. The topological polar surface area (TPSA) is 31.2 Å². The van der Waals surface area contributed by atoms with Crippen LogP contribution in [0.5, 0.6) is 0 Å². The van der Waals surface area contributed by atoms with Crippen LogP contribution in [0.2, 0.25) is 0 Å². The van der Waals surface area contributed by atoms with Gasteiger partial charge in [0.25, 0.3) is 0 Å². The highest BCUT2D eigenvalue weighted by Crippen LogP contribution is 2.44. The smallest absolute Gasteiger partial charge is 0.0924 e. The molecule has 182 valence electrons. The Morgan fingerprint density at radius 3 is 1.41 bits per heavy atom. The van der Waals surface area contributed by atoms with Crippen LogP contribution < -0.4 is 10.0 Å². The molecule has 7 rings (SSSR count). The van der Waals surface area contributed by atoms with Gasteiger partial charge in [-0.05, 0) is 59.3 Å². The summed E-state index contributed by atoms with van der Waals surface area (Å²) in [6.07, 6.45) is 1.80. The van der Waals surface area contributed by atoms with Crippen molar-refractivity contribution in [2.75, 3.05) is 10.0 Å². The van der Waals surface area contributed by atoms with Gasteiger partial charge < -0.3 is 0 Å². The van der Waals surface area contributed by atoms with Crippen molar-refractivity contribution < 1.29 is 0 Å². The van der Waals surface area contributed by atoms with E-state index in [4.69, 9.17) is 10.2 Å². The summed E-state index contributed by atoms with van der Waals surface area (Å²) in [6.45, 7) is 0. The van der Waals surface area contributed by atoms with Gasteiger partial charge in [-0.25, -0.2) is 0 Å². The zero-order chi connectivity index (χ0) is 24.6. The molecule has 0 bridgehead atoms. The molecule has 0 spiro atoms. The average molecular weight is 537 g/mol. The average Bonchev–Trinajstić information content (AvgIpc) is 3.78. The minimum atomic E-state index is 0.183. The first kappa shape index (κ1) is 22.7. The van der Waals surface area contributed by atoms with Crippen LogP contribution in [0.15, 0.2) is 118 Å². The second kappa shape index (κ2) is 9.74. The van der Waals surface area contributed by atoms with Crippen LogP contribution in [0.25, 0.3) is 0 Å². The summed E-state index contributed by atoms with van der Waals surface area (Å²) in [5.74, 6) is 0. The Labute approximate surface area is 228 Å². The number of hydrogen-bond donors (Lipinski definition) is 0. The number of para-hydroxylation sites is 2. The third-order valence-corrected chi connectivity index (χ3v) is 9.90. The van der Waals surface area contributed by atoms with Gasteiger partial charge in [0.05, 0.1) is 44.6 Å². The summed E-state index contributed by atoms with van der Waals surface area (Å²) >= 11 is 5.42. The van der Waals surface area contributed by atoms with Crippen LogP contribution in [0.3, 0.4) is 0 Å². The molecule has 2 aliphatic heterocycles. The van der Waals surface area contributed by atoms with E-state index in [2.05, 4.69) is 118 Å². The van der Waals surface area contributed by atoms with E-state index in [1.807, 2.05) is 11.3 Å². The zero-order valence-corrected chi connectivity index (χ0v) is 22.4. The molecular formula is C30H24N4S3. The lowest BCUT2D eigenvalue weighted by Crippen LogP contribution is -2.18. The highest BCUT2D eigenvalue weighted by molar-refractivity contribution is 7.13. The fourth-order valence-electron chi connectivity index (χ4n) is 5.01. The SMILES string of the molecule is c1ccc(N2N=C(c3cccs3)CC2c2ccc(C3CC(c4cccs4)=NN3c3ccccc3)s2)cc1. The van der Waals surface area contributed by atoms with E-state index in [0.717, 1.165) is 35.6 Å². The first-order valence-corrected chi connectivity index (χ1v) is 14.9. The number of hydrazone groups is 2. The summed E-state index contributed by atoms with van der Waals surface area (Å²) in [5, 5.41) is 18.9. The van der Waals surface area contributed by atoms with Crippen molar-refractivity contribution in [1.82, 2.24) is 0 Å². The van der Waals surface area contributed by atoms with Crippen LogP contribution in [0, 0.1) is 0 Å². The molecule has 37 heavy (non-hydrogen) atoms. The number of anilines is 2. The lowest BCUT2D eigenvalue weighted by atomic mass is 10.1. The van der Waals surface area contributed by atoms with E-state index in [0.29, 0.717) is 0 Å². The van der Waals surface area contributed by atoms with Gasteiger partial charge in [-0.3, -0.25) is 10.0 Å². The van der Waals surface area contributed by atoms with Gasteiger partial charge in [0.2, 0.25) is 0 Å². The van der Waals surface area contributed by atoms with Crippen LogP contribution in [-0.4, -0.2) is 11.4 Å². The Balaban J connectivity index is 1.22. The third-order valence-electron chi connectivity index (χ3n) is 6.78. The number of hydrogen-bond acceptors (Lipinski definition) is 7. The second-order valence-corrected chi connectivity index (χ2v) is 12.1. The van der Waals surface area contributed by atoms with Gasteiger partial charge >= 0.3 is 0 Å². The lowest BCUT2D eigenvalue weighted by molar-refractivity contribution is 0.720. The predicted molar refractivity (Wildman–Crippen MR) is 159 cm³/mol. The molecule has 0 saturated carbocycles. The van der Waals surface area contributed by atoms with E-state index in [-0.39, 0.29) is 12.1 Å². The zero-order valence-electron chi connectivity index (χ0n) is 20.0. The second-order valence-electron chi connectivity index (χ2n) is 9.09. The van der Waals surface area contributed by atoms with Gasteiger partial charge in [0.1, 0.15) is 0 Å². The molecule has 2 aromatic carbocycles. The number of thiophene rings is 3. The summed E-state index contributed by atoms with van der Waals surface area (Å²) in [7, 11) is 0. The minimum Gasteiger partial charge on any atom is -0.257 e.